The molecule has 3 heterocycles. The lowest BCUT2D eigenvalue weighted by atomic mass is 9.83. The summed E-state index contributed by atoms with van der Waals surface area (Å²) in [6, 6.07) is 6.91. The number of carbonyl (C=O) groups excluding carboxylic acids is 1. The number of oxime groups is 1. The average molecular weight is 549 g/mol. The summed E-state index contributed by atoms with van der Waals surface area (Å²) < 4.78 is 62.6. The second-order valence-corrected chi connectivity index (χ2v) is 10.4. The zero-order chi connectivity index (χ0) is 25.2. The quantitative estimate of drug-likeness (QED) is 0.366. The van der Waals surface area contributed by atoms with Gasteiger partial charge in [0.1, 0.15) is 5.60 Å². The molecule has 186 valence electrons. The van der Waals surface area contributed by atoms with Crippen molar-refractivity contribution in [2.24, 2.45) is 5.16 Å². The maximum atomic E-state index is 14.3. The Morgan fingerprint density at radius 1 is 1.20 bits per heavy atom. The Morgan fingerprint density at radius 3 is 2.51 bits per heavy atom. The molecule has 2 aromatic rings. The van der Waals surface area contributed by atoms with Gasteiger partial charge in [0.25, 0.3) is 5.60 Å². The Labute approximate surface area is 212 Å². The molecule has 35 heavy (non-hydrogen) atoms. The van der Waals surface area contributed by atoms with Gasteiger partial charge in [-0.05, 0) is 41.1 Å². The Hall–Kier alpha value is -2.01. The molecule has 2 aromatic carbocycles. The summed E-state index contributed by atoms with van der Waals surface area (Å²) in [6.45, 7) is 1.15. The van der Waals surface area contributed by atoms with Gasteiger partial charge in [0.15, 0.2) is 5.82 Å². The maximum Gasteiger partial charge on any atom is 0.435 e. The van der Waals surface area contributed by atoms with E-state index in [0.29, 0.717) is 24.4 Å². The highest BCUT2D eigenvalue weighted by molar-refractivity contribution is 7.99. The van der Waals surface area contributed by atoms with E-state index in [4.69, 9.17) is 32.8 Å². The molecular weight excluding hydrogens is 531 g/mol. The van der Waals surface area contributed by atoms with Crippen LogP contribution in [0.3, 0.4) is 0 Å². The SMILES string of the molecule is CSCC(=O)N1CC2(C1)OCc1cc(C3=NO[C@@](c4cc(Cl)c(F)c(Cl)c4)(C(F)(F)F)C3)ccc12. The van der Waals surface area contributed by atoms with Crippen LogP contribution in [-0.4, -0.2) is 47.8 Å². The van der Waals surface area contributed by atoms with E-state index in [1.807, 2.05) is 6.26 Å². The molecule has 5 nitrogen and oxygen atoms in total. The van der Waals surface area contributed by atoms with Gasteiger partial charge in [-0.2, -0.15) is 24.9 Å². The summed E-state index contributed by atoms with van der Waals surface area (Å²) in [5, 5.41) is 2.67. The maximum absolute atomic E-state index is 14.3. The van der Waals surface area contributed by atoms with E-state index in [1.165, 1.54) is 11.8 Å². The summed E-state index contributed by atoms with van der Waals surface area (Å²) in [5.41, 5.74) is -1.63. The van der Waals surface area contributed by atoms with Crippen LogP contribution < -0.4 is 0 Å². The van der Waals surface area contributed by atoms with E-state index in [2.05, 4.69) is 5.16 Å². The van der Waals surface area contributed by atoms with Gasteiger partial charge in [-0.1, -0.05) is 40.5 Å². The highest BCUT2D eigenvalue weighted by atomic mass is 35.5. The van der Waals surface area contributed by atoms with Crippen molar-refractivity contribution in [2.75, 3.05) is 25.1 Å². The molecule has 5 rings (SSSR count). The van der Waals surface area contributed by atoms with Gasteiger partial charge in [0.05, 0.1) is 41.2 Å². The normalized spacial score (nSPS) is 22.6. The lowest BCUT2D eigenvalue weighted by Gasteiger charge is -2.47. The first-order valence-corrected chi connectivity index (χ1v) is 12.7. The smallest absolute Gasteiger partial charge is 0.374 e. The fraction of sp³-hybridized carbons (Fsp3) is 0.391. The van der Waals surface area contributed by atoms with Crippen molar-refractivity contribution in [1.82, 2.24) is 4.90 Å². The van der Waals surface area contributed by atoms with Crippen molar-refractivity contribution in [2.45, 2.75) is 30.4 Å². The highest BCUT2D eigenvalue weighted by Crippen LogP contribution is 2.50. The topological polar surface area (TPSA) is 51.1 Å². The third-order valence-corrected chi connectivity index (χ3v) is 7.67. The van der Waals surface area contributed by atoms with Gasteiger partial charge in [0.2, 0.25) is 5.91 Å². The zero-order valence-corrected chi connectivity index (χ0v) is 20.5. The number of ether oxygens (including phenoxy) is 1. The number of benzene rings is 2. The van der Waals surface area contributed by atoms with Crippen molar-refractivity contribution in [1.29, 1.82) is 0 Å². The molecule has 0 saturated carbocycles. The standard InChI is InChI=1S/C23H18Cl2F4N2O3S/c1-35-9-19(32)31-10-21(11-31)15-3-2-12(4-13(15)8-33-21)18-7-22(34-30-18,23(27,28)29)14-5-16(24)20(26)17(25)6-14/h2-6H,7-11H2,1H3/t22-/m0/s1. The number of fused-ring (bicyclic) bond motifs is 2. The molecule has 0 unspecified atom stereocenters. The van der Waals surface area contributed by atoms with Crippen LogP contribution in [-0.2, 0) is 32.2 Å². The number of hydrogen-bond acceptors (Lipinski definition) is 5. The lowest BCUT2D eigenvalue weighted by molar-refractivity contribution is -0.275. The first kappa shape index (κ1) is 24.7. The fourth-order valence-corrected chi connectivity index (χ4v) is 5.62. The molecule has 1 amide bonds. The van der Waals surface area contributed by atoms with Crippen molar-refractivity contribution in [3.05, 3.63) is 68.4 Å². The molecule has 3 aliphatic rings. The van der Waals surface area contributed by atoms with Crippen LogP contribution in [0.1, 0.15) is 28.7 Å². The Bertz CT molecular complexity index is 1230. The predicted molar refractivity (Wildman–Crippen MR) is 124 cm³/mol. The number of hydrogen-bond donors (Lipinski definition) is 0. The highest BCUT2D eigenvalue weighted by Gasteiger charge is 2.62. The van der Waals surface area contributed by atoms with E-state index < -0.39 is 45.2 Å². The molecule has 0 bridgehead atoms. The summed E-state index contributed by atoms with van der Waals surface area (Å²) in [6.07, 6.45) is -3.67. The van der Waals surface area contributed by atoms with Crippen LogP contribution in [0.2, 0.25) is 10.0 Å². The van der Waals surface area contributed by atoms with Crippen LogP contribution in [0.5, 0.6) is 0 Å². The van der Waals surface area contributed by atoms with Gasteiger partial charge in [-0.3, -0.25) is 4.79 Å². The summed E-state index contributed by atoms with van der Waals surface area (Å²) in [5.74, 6) is -0.572. The molecule has 12 heteroatoms. The van der Waals surface area contributed by atoms with Crippen LogP contribution in [0.15, 0.2) is 35.5 Å². The minimum absolute atomic E-state index is 0.0405. The van der Waals surface area contributed by atoms with Crippen molar-refractivity contribution >= 4 is 46.6 Å². The molecule has 0 aliphatic carbocycles. The summed E-state index contributed by atoms with van der Waals surface area (Å²) >= 11 is 13.0. The third-order valence-electron chi connectivity index (χ3n) is 6.58. The number of rotatable bonds is 4. The largest absolute Gasteiger partial charge is 0.435 e. The first-order chi connectivity index (χ1) is 16.5. The van der Waals surface area contributed by atoms with E-state index in [-0.39, 0.29) is 18.2 Å². The van der Waals surface area contributed by atoms with Gasteiger partial charge in [-0.15, -0.1) is 0 Å². The molecule has 0 aromatic heterocycles. The molecule has 1 spiro atoms. The number of thioether (sulfide) groups is 1. The van der Waals surface area contributed by atoms with E-state index in [1.54, 1.807) is 23.1 Å². The molecule has 1 fully saturated rings. The van der Waals surface area contributed by atoms with Crippen molar-refractivity contribution in [3.63, 3.8) is 0 Å². The van der Waals surface area contributed by atoms with Gasteiger partial charge in [-0.25, -0.2) is 4.39 Å². The Morgan fingerprint density at radius 2 is 1.89 bits per heavy atom. The van der Waals surface area contributed by atoms with Gasteiger partial charge >= 0.3 is 6.18 Å². The predicted octanol–water partition coefficient (Wildman–Crippen LogP) is 5.65. The van der Waals surface area contributed by atoms with Crippen LogP contribution in [0, 0.1) is 5.82 Å². The lowest BCUT2D eigenvalue weighted by Crippen LogP contribution is -2.61. The average Bonchev–Trinajstić information content (AvgIpc) is 3.39. The summed E-state index contributed by atoms with van der Waals surface area (Å²) in [4.78, 5) is 18.9. The number of likely N-dealkylation sites (tertiary alicyclic amines) is 1. The second-order valence-electron chi connectivity index (χ2n) is 8.72. The Kier molecular flexibility index (Phi) is 6.02. The van der Waals surface area contributed by atoms with Crippen molar-refractivity contribution in [3.8, 4) is 0 Å². The molecular formula is C23H18Cl2F4N2O3S. The van der Waals surface area contributed by atoms with E-state index in [9.17, 15) is 22.4 Å². The van der Waals surface area contributed by atoms with Crippen molar-refractivity contribution < 1.29 is 31.9 Å². The molecule has 1 atom stereocenters. The fourth-order valence-electron chi connectivity index (χ4n) is 4.70. The first-order valence-electron chi connectivity index (χ1n) is 10.5. The minimum atomic E-state index is -4.88. The number of halogens is 6. The van der Waals surface area contributed by atoms with Crippen LogP contribution in [0.25, 0.3) is 0 Å². The second kappa shape index (κ2) is 8.54. The minimum Gasteiger partial charge on any atom is -0.374 e. The molecule has 0 radical (unpaired) electrons. The molecule has 0 N–H and O–H groups in total. The number of amides is 1. The number of nitrogens with zero attached hydrogens (tertiary/aromatic N) is 2. The van der Waals surface area contributed by atoms with Gasteiger partial charge in [0, 0.05) is 12.0 Å². The monoisotopic (exact) mass is 548 g/mol. The molecule has 1 saturated heterocycles. The number of alkyl halides is 3. The van der Waals surface area contributed by atoms with Crippen LogP contribution in [0.4, 0.5) is 17.6 Å². The van der Waals surface area contributed by atoms with Gasteiger partial charge < -0.3 is 14.5 Å². The third kappa shape index (κ3) is 3.89. The summed E-state index contributed by atoms with van der Waals surface area (Å²) in [7, 11) is 0. The molecule has 3 aliphatic heterocycles. The van der Waals surface area contributed by atoms with E-state index >= 15 is 0 Å². The van der Waals surface area contributed by atoms with Crippen LogP contribution >= 0.6 is 35.0 Å². The number of carbonyl (C=O) groups is 1. The van der Waals surface area contributed by atoms with E-state index in [0.717, 1.165) is 23.3 Å². The zero-order valence-electron chi connectivity index (χ0n) is 18.2. The Balaban J connectivity index is 1.40.